The summed E-state index contributed by atoms with van der Waals surface area (Å²) >= 11 is 3.53. The molecule has 1 aromatic carbocycles. The molecule has 0 bridgehead atoms. The fourth-order valence-electron chi connectivity index (χ4n) is 3.06. The van der Waals surface area contributed by atoms with Crippen molar-refractivity contribution in [3.63, 3.8) is 0 Å². The molecule has 3 N–H and O–H groups in total. The predicted molar refractivity (Wildman–Crippen MR) is 119 cm³/mol. The number of hydrogen-bond acceptors (Lipinski definition) is 5. The van der Waals surface area contributed by atoms with Gasteiger partial charge in [-0.2, -0.15) is 9.97 Å². The molecular formula is C21H27BrN6. The van der Waals surface area contributed by atoms with Crippen molar-refractivity contribution in [1.29, 1.82) is 0 Å². The number of halogens is 1. The molecule has 0 aliphatic rings. The summed E-state index contributed by atoms with van der Waals surface area (Å²) in [5.41, 5.74) is 8.87. The SMILES string of the molecule is CCC=CCCCn1c(Br)nc2c(N)nc(NCCCc3ccccc3)nc21. The van der Waals surface area contributed by atoms with Crippen LogP contribution in [0.3, 0.4) is 0 Å². The van der Waals surface area contributed by atoms with Gasteiger partial charge in [0.15, 0.2) is 21.7 Å². The second-order valence-corrected chi connectivity index (χ2v) is 7.38. The maximum Gasteiger partial charge on any atom is 0.226 e. The molecular weight excluding hydrogens is 416 g/mol. The molecule has 0 atom stereocenters. The van der Waals surface area contributed by atoms with Crippen LogP contribution in [0.25, 0.3) is 11.2 Å². The number of nitrogen functional groups attached to an aromatic ring is 1. The monoisotopic (exact) mass is 442 g/mol. The van der Waals surface area contributed by atoms with E-state index in [0.717, 1.165) is 55.6 Å². The highest BCUT2D eigenvalue weighted by Crippen LogP contribution is 2.24. The van der Waals surface area contributed by atoms with Crippen molar-refractivity contribution in [3.05, 3.63) is 52.8 Å². The van der Waals surface area contributed by atoms with Gasteiger partial charge in [0.2, 0.25) is 5.95 Å². The lowest BCUT2D eigenvalue weighted by Gasteiger charge is -2.08. The lowest BCUT2D eigenvalue weighted by atomic mass is 10.1. The van der Waals surface area contributed by atoms with Gasteiger partial charge >= 0.3 is 0 Å². The zero-order valence-electron chi connectivity index (χ0n) is 16.2. The zero-order chi connectivity index (χ0) is 19.8. The van der Waals surface area contributed by atoms with Crippen LogP contribution >= 0.6 is 15.9 Å². The van der Waals surface area contributed by atoms with Crippen LogP contribution in [-0.4, -0.2) is 26.1 Å². The Morgan fingerprint density at radius 3 is 2.71 bits per heavy atom. The number of benzene rings is 1. The van der Waals surface area contributed by atoms with Crippen LogP contribution in [0.2, 0.25) is 0 Å². The zero-order valence-corrected chi connectivity index (χ0v) is 17.8. The molecule has 6 nitrogen and oxygen atoms in total. The third kappa shape index (κ3) is 5.32. The van der Waals surface area contributed by atoms with Crippen molar-refractivity contribution in [3.8, 4) is 0 Å². The molecule has 0 spiro atoms. The number of imidazole rings is 1. The second kappa shape index (κ2) is 10.2. The number of fused-ring (bicyclic) bond motifs is 1. The molecule has 0 unspecified atom stereocenters. The van der Waals surface area contributed by atoms with Crippen molar-refractivity contribution < 1.29 is 0 Å². The fourth-order valence-corrected chi connectivity index (χ4v) is 3.58. The van der Waals surface area contributed by atoms with E-state index in [4.69, 9.17) is 5.73 Å². The number of allylic oxidation sites excluding steroid dienone is 2. The van der Waals surface area contributed by atoms with E-state index in [2.05, 4.69) is 84.1 Å². The van der Waals surface area contributed by atoms with Crippen LogP contribution in [0.4, 0.5) is 11.8 Å². The summed E-state index contributed by atoms with van der Waals surface area (Å²) in [7, 11) is 0. The molecule has 0 radical (unpaired) electrons. The van der Waals surface area contributed by atoms with Gasteiger partial charge in [-0.1, -0.05) is 49.4 Å². The number of unbranched alkanes of at least 4 members (excludes halogenated alkanes) is 1. The molecule has 28 heavy (non-hydrogen) atoms. The average molecular weight is 443 g/mol. The van der Waals surface area contributed by atoms with Gasteiger partial charge in [-0.3, -0.25) is 0 Å². The number of anilines is 2. The van der Waals surface area contributed by atoms with E-state index in [1.54, 1.807) is 0 Å². The summed E-state index contributed by atoms with van der Waals surface area (Å²) < 4.78 is 2.80. The van der Waals surface area contributed by atoms with Crippen molar-refractivity contribution in [1.82, 2.24) is 19.5 Å². The number of hydrogen-bond donors (Lipinski definition) is 2. The largest absolute Gasteiger partial charge is 0.382 e. The molecule has 2 heterocycles. The third-order valence-electron chi connectivity index (χ3n) is 4.50. The molecule has 0 fully saturated rings. The highest BCUT2D eigenvalue weighted by molar-refractivity contribution is 9.10. The quantitative estimate of drug-likeness (QED) is 0.263. The Balaban J connectivity index is 1.64. The topological polar surface area (TPSA) is 81.7 Å². The maximum atomic E-state index is 6.13. The highest BCUT2D eigenvalue weighted by Gasteiger charge is 2.15. The van der Waals surface area contributed by atoms with Gasteiger partial charge in [-0.25, -0.2) is 4.98 Å². The van der Waals surface area contributed by atoms with Crippen LogP contribution in [-0.2, 0) is 13.0 Å². The first-order valence-corrected chi connectivity index (χ1v) is 10.6. The van der Waals surface area contributed by atoms with Crippen molar-refractivity contribution in [2.24, 2.45) is 0 Å². The lowest BCUT2D eigenvalue weighted by Crippen LogP contribution is -2.09. The van der Waals surface area contributed by atoms with Crippen LogP contribution in [0.15, 0.2) is 47.2 Å². The van der Waals surface area contributed by atoms with Crippen LogP contribution in [0, 0.1) is 0 Å². The van der Waals surface area contributed by atoms with Crippen LogP contribution < -0.4 is 11.1 Å². The molecule has 0 saturated heterocycles. The smallest absolute Gasteiger partial charge is 0.226 e. The van der Waals surface area contributed by atoms with E-state index < -0.39 is 0 Å². The van der Waals surface area contributed by atoms with E-state index in [1.165, 1.54) is 5.56 Å². The van der Waals surface area contributed by atoms with Crippen LogP contribution in [0.1, 0.15) is 38.2 Å². The van der Waals surface area contributed by atoms with Gasteiger partial charge in [0.25, 0.3) is 0 Å². The molecule has 0 aliphatic heterocycles. The summed E-state index contributed by atoms with van der Waals surface area (Å²) in [6.07, 6.45) is 9.54. The molecule has 2 aromatic heterocycles. The minimum Gasteiger partial charge on any atom is -0.382 e. The number of aryl methyl sites for hydroxylation is 2. The average Bonchev–Trinajstić information content (AvgIpc) is 3.02. The first-order valence-electron chi connectivity index (χ1n) is 9.81. The van der Waals surface area contributed by atoms with E-state index in [0.29, 0.717) is 17.3 Å². The van der Waals surface area contributed by atoms with Crippen molar-refractivity contribution >= 4 is 38.9 Å². The molecule has 3 rings (SSSR count). The Morgan fingerprint density at radius 2 is 1.93 bits per heavy atom. The van der Waals surface area contributed by atoms with E-state index in [-0.39, 0.29) is 0 Å². The van der Waals surface area contributed by atoms with Crippen molar-refractivity contribution in [2.75, 3.05) is 17.6 Å². The molecule has 0 saturated carbocycles. The summed E-state index contributed by atoms with van der Waals surface area (Å²) in [6, 6.07) is 10.5. The fraction of sp³-hybridized carbons (Fsp3) is 0.381. The Bertz CT molecular complexity index is 920. The Labute approximate surface area is 174 Å². The molecule has 0 aliphatic carbocycles. The van der Waals surface area contributed by atoms with E-state index in [1.807, 2.05) is 6.07 Å². The Hall–Kier alpha value is -2.41. The standard InChI is InChI=1S/C21H27BrN6/c1-2-3-4-5-9-15-28-19-17(25-20(28)22)18(23)26-21(27-19)24-14-10-13-16-11-7-6-8-12-16/h3-4,6-8,11-12H,2,5,9-10,13-15H2,1H3,(H3,23,24,26,27). The van der Waals surface area contributed by atoms with Gasteiger partial charge in [-0.05, 0) is 53.6 Å². The summed E-state index contributed by atoms with van der Waals surface area (Å²) in [5, 5.41) is 3.30. The molecule has 0 amide bonds. The van der Waals surface area contributed by atoms with Gasteiger partial charge in [0.05, 0.1) is 0 Å². The first kappa shape index (κ1) is 20.3. The number of rotatable bonds is 10. The first-order chi connectivity index (χ1) is 13.7. The van der Waals surface area contributed by atoms with Gasteiger partial charge in [0, 0.05) is 13.1 Å². The Morgan fingerprint density at radius 1 is 1.11 bits per heavy atom. The maximum absolute atomic E-state index is 6.13. The van der Waals surface area contributed by atoms with Crippen molar-refractivity contribution in [2.45, 2.75) is 45.6 Å². The number of nitrogens with one attached hydrogen (secondary N) is 1. The normalized spacial score (nSPS) is 11.5. The summed E-state index contributed by atoms with van der Waals surface area (Å²) in [5.74, 6) is 0.957. The lowest BCUT2D eigenvalue weighted by molar-refractivity contribution is 0.648. The van der Waals surface area contributed by atoms with Gasteiger partial charge in [-0.15, -0.1) is 0 Å². The minimum atomic E-state index is 0.404. The van der Waals surface area contributed by atoms with Gasteiger partial charge in [0.1, 0.15) is 0 Å². The molecule has 3 aromatic rings. The summed E-state index contributed by atoms with van der Waals surface area (Å²) in [4.78, 5) is 13.5. The second-order valence-electron chi connectivity index (χ2n) is 6.67. The third-order valence-corrected chi connectivity index (χ3v) is 5.10. The molecule has 7 heteroatoms. The van der Waals surface area contributed by atoms with E-state index >= 15 is 0 Å². The molecule has 148 valence electrons. The highest BCUT2D eigenvalue weighted by atomic mass is 79.9. The van der Waals surface area contributed by atoms with Crippen LogP contribution in [0.5, 0.6) is 0 Å². The number of nitrogens with zero attached hydrogens (tertiary/aromatic N) is 4. The number of nitrogens with two attached hydrogens (primary N) is 1. The van der Waals surface area contributed by atoms with E-state index in [9.17, 15) is 0 Å². The Kier molecular flexibility index (Phi) is 7.42. The number of aromatic nitrogens is 4. The summed E-state index contributed by atoms with van der Waals surface area (Å²) in [6.45, 7) is 3.76. The van der Waals surface area contributed by atoms with Gasteiger partial charge < -0.3 is 15.6 Å². The predicted octanol–water partition coefficient (Wildman–Crippen LogP) is 4.96. The minimum absolute atomic E-state index is 0.404.